The number of anilines is 2. The van der Waals surface area contributed by atoms with E-state index in [0.29, 0.717) is 36.6 Å². The van der Waals surface area contributed by atoms with Gasteiger partial charge in [0.05, 0.1) is 11.6 Å². The van der Waals surface area contributed by atoms with E-state index >= 15 is 0 Å². The molecule has 168 valence electrons. The first kappa shape index (κ1) is 22.8. The monoisotopic (exact) mass is 436 g/mol. The van der Waals surface area contributed by atoms with E-state index in [1.165, 1.54) is 15.3 Å². The van der Waals surface area contributed by atoms with Crippen LogP contribution in [0.5, 0.6) is 0 Å². The number of nitrogens with zero attached hydrogens (tertiary/aromatic N) is 3. The number of thiophene rings is 1. The van der Waals surface area contributed by atoms with Gasteiger partial charge in [-0.05, 0) is 71.8 Å². The second kappa shape index (κ2) is 9.53. The van der Waals surface area contributed by atoms with E-state index in [9.17, 15) is 9.59 Å². The molecule has 0 unspecified atom stereocenters. The Kier molecular flexibility index (Phi) is 7.26. The Bertz CT molecular complexity index is 780. The van der Waals surface area contributed by atoms with Crippen molar-refractivity contribution in [1.29, 1.82) is 0 Å². The molecule has 1 saturated heterocycles. The van der Waals surface area contributed by atoms with Crippen LogP contribution in [-0.4, -0.2) is 80.0 Å². The van der Waals surface area contributed by atoms with Crippen LogP contribution >= 0.6 is 11.3 Å². The Morgan fingerprint density at radius 3 is 2.67 bits per heavy atom. The maximum atomic E-state index is 13.2. The molecule has 1 aliphatic carbocycles. The highest BCUT2D eigenvalue weighted by molar-refractivity contribution is 7.16. The fourth-order valence-electron chi connectivity index (χ4n) is 4.86. The van der Waals surface area contributed by atoms with Crippen LogP contribution in [0.2, 0.25) is 0 Å². The molecule has 3 atom stereocenters. The quantitative estimate of drug-likeness (QED) is 0.583. The van der Waals surface area contributed by atoms with Crippen molar-refractivity contribution < 1.29 is 9.59 Å². The number of nitrogen functional groups attached to an aromatic ring is 2. The smallest absolute Gasteiger partial charge is 0.324 e. The van der Waals surface area contributed by atoms with Crippen molar-refractivity contribution in [3.8, 4) is 0 Å². The average Bonchev–Trinajstić information content (AvgIpc) is 2.97. The molecular weight excluding hydrogens is 400 g/mol. The molecule has 5 N–H and O–H groups in total. The predicted molar refractivity (Wildman–Crippen MR) is 123 cm³/mol. The summed E-state index contributed by atoms with van der Waals surface area (Å²) >= 11 is 1.60. The number of carbonyl (C=O) groups is 2. The Morgan fingerprint density at radius 1 is 1.27 bits per heavy atom. The number of urea groups is 1. The molecule has 1 aliphatic heterocycles. The lowest BCUT2D eigenvalue weighted by Gasteiger charge is -2.45. The van der Waals surface area contributed by atoms with Gasteiger partial charge in [0.1, 0.15) is 5.00 Å². The Morgan fingerprint density at radius 2 is 2.00 bits per heavy atom. The zero-order valence-corrected chi connectivity index (χ0v) is 19.4. The first-order chi connectivity index (χ1) is 14.2. The Labute approximate surface area is 183 Å². The summed E-state index contributed by atoms with van der Waals surface area (Å²) in [5, 5.41) is 3.60. The normalized spacial score (nSPS) is 23.7. The summed E-state index contributed by atoms with van der Waals surface area (Å²) in [6.45, 7) is 4.38. The van der Waals surface area contributed by atoms with E-state index in [0.717, 1.165) is 37.9 Å². The summed E-state index contributed by atoms with van der Waals surface area (Å²) in [6, 6.07) is 0.112. The number of piperidine rings is 1. The van der Waals surface area contributed by atoms with Crippen molar-refractivity contribution in [3.63, 3.8) is 0 Å². The van der Waals surface area contributed by atoms with Crippen LogP contribution in [0, 0.1) is 11.8 Å². The van der Waals surface area contributed by atoms with Crippen molar-refractivity contribution in [2.24, 2.45) is 11.8 Å². The fourth-order valence-corrected chi connectivity index (χ4v) is 5.92. The van der Waals surface area contributed by atoms with Gasteiger partial charge < -0.3 is 26.6 Å². The number of nitrogens with one attached hydrogen (secondary N) is 1. The van der Waals surface area contributed by atoms with E-state index in [2.05, 4.69) is 22.2 Å². The molecule has 0 radical (unpaired) electrons. The maximum absolute atomic E-state index is 13.2. The van der Waals surface area contributed by atoms with E-state index in [-0.39, 0.29) is 17.9 Å². The molecular formula is C21H36N6O2S. The van der Waals surface area contributed by atoms with Crippen molar-refractivity contribution in [2.75, 3.05) is 58.8 Å². The number of likely N-dealkylation sites (tertiary alicyclic amines) is 1. The van der Waals surface area contributed by atoms with Gasteiger partial charge in [-0.2, -0.15) is 0 Å². The molecule has 1 fully saturated rings. The molecule has 0 saturated carbocycles. The molecule has 3 amide bonds. The first-order valence-corrected chi connectivity index (χ1v) is 11.6. The maximum Gasteiger partial charge on any atom is 0.324 e. The van der Waals surface area contributed by atoms with Crippen LogP contribution in [0.4, 0.5) is 15.5 Å². The van der Waals surface area contributed by atoms with Crippen LogP contribution in [-0.2, 0) is 17.6 Å². The van der Waals surface area contributed by atoms with E-state index in [1.54, 1.807) is 11.3 Å². The third kappa shape index (κ3) is 4.73. The SMILES string of the molecule is CCN(C(=O)NCCCN(C)C)C(=O)[C@@H]1C[C@@H]2Cc3c(sc(N)c3N)C[C@H]2N(C)C1. The van der Waals surface area contributed by atoms with Gasteiger partial charge in [-0.1, -0.05) is 0 Å². The Balaban J connectivity index is 1.64. The molecule has 8 nitrogen and oxygen atoms in total. The molecule has 1 aromatic rings. The summed E-state index contributed by atoms with van der Waals surface area (Å²) in [5.74, 6) is 0.0994. The van der Waals surface area contributed by atoms with Crippen LogP contribution in [0.1, 0.15) is 30.2 Å². The third-order valence-corrected chi connectivity index (χ3v) is 7.56. The molecule has 3 rings (SSSR count). The van der Waals surface area contributed by atoms with Gasteiger partial charge in [-0.25, -0.2) is 4.79 Å². The summed E-state index contributed by atoms with van der Waals surface area (Å²) in [4.78, 5) is 32.9. The van der Waals surface area contributed by atoms with Crippen molar-refractivity contribution in [3.05, 3.63) is 10.4 Å². The highest BCUT2D eigenvalue weighted by atomic mass is 32.1. The largest absolute Gasteiger partial charge is 0.396 e. The van der Waals surface area contributed by atoms with Gasteiger partial charge in [0.25, 0.3) is 0 Å². The number of nitrogens with two attached hydrogens (primary N) is 2. The zero-order chi connectivity index (χ0) is 22.0. The van der Waals surface area contributed by atoms with Gasteiger partial charge in [0.15, 0.2) is 0 Å². The summed E-state index contributed by atoms with van der Waals surface area (Å²) in [7, 11) is 6.09. The van der Waals surface area contributed by atoms with Crippen LogP contribution in [0.25, 0.3) is 0 Å². The first-order valence-electron chi connectivity index (χ1n) is 10.8. The fraction of sp³-hybridized carbons (Fsp3) is 0.714. The number of carbonyl (C=O) groups excluding carboxylic acids is 2. The highest BCUT2D eigenvalue weighted by Gasteiger charge is 2.42. The number of hydrogen-bond acceptors (Lipinski definition) is 7. The van der Waals surface area contributed by atoms with Crippen LogP contribution in [0.15, 0.2) is 0 Å². The van der Waals surface area contributed by atoms with Crippen LogP contribution < -0.4 is 16.8 Å². The van der Waals surface area contributed by atoms with Gasteiger partial charge in [-0.15, -0.1) is 11.3 Å². The molecule has 9 heteroatoms. The molecule has 30 heavy (non-hydrogen) atoms. The minimum absolute atomic E-state index is 0.0727. The van der Waals surface area contributed by atoms with E-state index in [1.807, 2.05) is 21.0 Å². The van der Waals surface area contributed by atoms with Gasteiger partial charge in [0, 0.05) is 30.6 Å². The number of likely N-dealkylation sites (N-methyl/N-ethyl adjacent to an activating group) is 1. The minimum atomic E-state index is -0.285. The lowest BCUT2D eigenvalue weighted by molar-refractivity contribution is -0.135. The third-order valence-electron chi connectivity index (χ3n) is 6.46. The van der Waals surface area contributed by atoms with Gasteiger partial charge in [-0.3, -0.25) is 9.69 Å². The van der Waals surface area contributed by atoms with Gasteiger partial charge >= 0.3 is 6.03 Å². The average molecular weight is 437 g/mol. The predicted octanol–water partition coefficient (Wildman–Crippen LogP) is 1.46. The molecule has 1 aromatic heterocycles. The molecule has 2 aliphatic rings. The summed E-state index contributed by atoms with van der Waals surface area (Å²) in [6.07, 6.45) is 3.44. The topological polar surface area (TPSA) is 108 Å². The van der Waals surface area contributed by atoms with Crippen molar-refractivity contribution in [1.82, 2.24) is 20.0 Å². The minimum Gasteiger partial charge on any atom is -0.396 e. The molecule has 0 bridgehead atoms. The lowest BCUT2D eigenvalue weighted by atomic mass is 9.74. The number of amides is 3. The second-order valence-electron chi connectivity index (χ2n) is 8.86. The number of hydrogen-bond donors (Lipinski definition) is 3. The highest BCUT2D eigenvalue weighted by Crippen LogP contribution is 2.44. The lowest BCUT2D eigenvalue weighted by Crippen LogP contribution is -2.55. The zero-order valence-electron chi connectivity index (χ0n) is 18.6. The van der Waals surface area contributed by atoms with Crippen LogP contribution in [0.3, 0.4) is 0 Å². The van der Waals surface area contributed by atoms with Gasteiger partial charge in [0.2, 0.25) is 5.91 Å². The van der Waals surface area contributed by atoms with E-state index < -0.39 is 0 Å². The van der Waals surface area contributed by atoms with E-state index in [4.69, 9.17) is 11.5 Å². The van der Waals surface area contributed by atoms with Crippen molar-refractivity contribution in [2.45, 2.75) is 38.6 Å². The molecule has 2 heterocycles. The van der Waals surface area contributed by atoms with Crippen molar-refractivity contribution >= 4 is 34.0 Å². The standard InChI is InChI=1S/C21H36N6O2S/c1-5-27(21(29)24-7-6-8-25(2)3)20(28)14-9-13-10-15-17(30-19(23)18(15)22)11-16(13)26(4)12-14/h13-14,16H,5-12,22-23H2,1-4H3,(H,24,29)/t13-,14-,16-/m1/s1. The number of imide groups is 1. The summed E-state index contributed by atoms with van der Waals surface area (Å²) < 4.78 is 0. The summed E-state index contributed by atoms with van der Waals surface area (Å²) in [5.41, 5.74) is 14.1. The Hall–Kier alpha value is -1.84. The second-order valence-corrected chi connectivity index (χ2v) is 10.00. The number of fused-ring (bicyclic) bond motifs is 2. The molecule has 0 spiro atoms. The number of rotatable bonds is 6. The molecule has 0 aromatic carbocycles.